The number of sulfone groups is 1. The van der Waals surface area contributed by atoms with Crippen LogP contribution in [-0.2, 0) is 20.4 Å². The van der Waals surface area contributed by atoms with Crippen LogP contribution in [0.25, 0.3) is 0 Å². The van der Waals surface area contributed by atoms with Crippen LogP contribution in [0, 0.1) is 5.82 Å². The number of hydrogen-bond acceptors (Lipinski definition) is 3. The Balaban J connectivity index is 2.88. The van der Waals surface area contributed by atoms with Gasteiger partial charge in [0.05, 0.1) is 10.8 Å². The second-order valence-electron chi connectivity index (χ2n) is 3.17. The van der Waals surface area contributed by atoms with Gasteiger partial charge in [-0.1, -0.05) is 17.7 Å². The van der Waals surface area contributed by atoms with Crippen molar-refractivity contribution < 1.29 is 22.7 Å². The lowest BCUT2D eigenvalue weighted by molar-refractivity contribution is -0.134. The molecular formula is C9H8ClFO4S. The fourth-order valence-corrected chi connectivity index (χ4v) is 2.41. The first-order chi connectivity index (χ1) is 7.30. The van der Waals surface area contributed by atoms with E-state index in [0.29, 0.717) is 0 Å². The van der Waals surface area contributed by atoms with Crippen LogP contribution in [0.15, 0.2) is 18.2 Å². The predicted octanol–water partition coefficient (Wildman–Crippen LogP) is 1.48. The average Bonchev–Trinajstić information content (AvgIpc) is 2.08. The molecule has 0 saturated heterocycles. The molecule has 1 N–H and O–H groups in total. The molecule has 1 aromatic rings. The Morgan fingerprint density at radius 2 is 2.06 bits per heavy atom. The molecule has 16 heavy (non-hydrogen) atoms. The van der Waals surface area contributed by atoms with Crippen LogP contribution in [0.1, 0.15) is 5.56 Å². The van der Waals surface area contributed by atoms with Crippen molar-refractivity contribution in [1.82, 2.24) is 0 Å². The summed E-state index contributed by atoms with van der Waals surface area (Å²) in [6.45, 7) is 0. The lowest BCUT2D eigenvalue weighted by Gasteiger charge is -2.02. The summed E-state index contributed by atoms with van der Waals surface area (Å²) in [6, 6.07) is 3.54. The number of hydrogen-bond donors (Lipinski definition) is 1. The quantitative estimate of drug-likeness (QED) is 0.896. The molecule has 4 nitrogen and oxygen atoms in total. The maximum atomic E-state index is 13.0. The summed E-state index contributed by atoms with van der Waals surface area (Å²) < 4.78 is 35.5. The smallest absolute Gasteiger partial charge is 0.318 e. The first kappa shape index (κ1) is 12.9. The van der Waals surface area contributed by atoms with Gasteiger partial charge >= 0.3 is 5.97 Å². The molecule has 0 saturated carbocycles. The van der Waals surface area contributed by atoms with Gasteiger partial charge in [-0.05, 0) is 17.7 Å². The number of carboxylic acids is 1. The standard InChI is InChI=1S/C9H8ClFO4S/c10-7-2-1-6(3-8(7)11)4-16(14,15)5-9(12)13/h1-3H,4-5H2,(H,12,13). The van der Waals surface area contributed by atoms with Crippen molar-refractivity contribution in [2.75, 3.05) is 5.75 Å². The van der Waals surface area contributed by atoms with Crippen molar-refractivity contribution in [1.29, 1.82) is 0 Å². The van der Waals surface area contributed by atoms with E-state index in [-0.39, 0.29) is 10.6 Å². The maximum absolute atomic E-state index is 13.0. The van der Waals surface area contributed by atoms with E-state index >= 15 is 0 Å². The highest BCUT2D eigenvalue weighted by Crippen LogP contribution is 2.17. The number of carbonyl (C=O) groups is 1. The maximum Gasteiger partial charge on any atom is 0.318 e. The minimum atomic E-state index is -3.77. The average molecular weight is 267 g/mol. The molecule has 0 unspecified atom stereocenters. The Labute approximate surface area is 96.6 Å². The van der Waals surface area contributed by atoms with Crippen LogP contribution in [0.3, 0.4) is 0 Å². The van der Waals surface area contributed by atoms with E-state index in [1.807, 2.05) is 0 Å². The monoisotopic (exact) mass is 266 g/mol. The van der Waals surface area contributed by atoms with E-state index in [2.05, 4.69) is 0 Å². The van der Waals surface area contributed by atoms with Gasteiger partial charge in [-0.2, -0.15) is 0 Å². The van der Waals surface area contributed by atoms with Crippen molar-refractivity contribution in [3.05, 3.63) is 34.6 Å². The van der Waals surface area contributed by atoms with Crippen molar-refractivity contribution >= 4 is 27.4 Å². The summed E-state index contributed by atoms with van der Waals surface area (Å²) >= 11 is 5.42. The van der Waals surface area contributed by atoms with Crippen LogP contribution in [0.5, 0.6) is 0 Å². The van der Waals surface area contributed by atoms with Crippen LogP contribution in [0.4, 0.5) is 4.39 Å². The number of halogens is 2. The van der Waals surface area contributed by atoms with Gasteiger partial charge in [0.25, 0.3) is 0 Å². The Hall–Kier alpha value is -1.14. The first-order valence-corrected chi connectivity index (χ1v) is 6.36. The molecule has 0 aliphatic heterocycles. The minimum absolute atomic E-state index is 0.112. The van der Waals surface area contributed by atoms with Gasteiger partial charge in [0.15, 0.2) is 9.84 Å². The van der Waals surface area contributed by atoms with Crippen molar-refractivity contribution in [3.63, 3.8) is 0 Å². The number of aliphatic carboxylic acids is 1. The highest BCUT2D eigenvalue weighted by Gasteiger charge is 2.17. The SMILES string of the molecule is O=C(O)CS(=O)(=O)Cc1ccc(Cl)c(F)c1. The zero-order valence-electron chi connectivity index (χ0n) is 7.98. The lowest BCUT2D eigenvalue weighted by Crippen LogP contribution is -2.17. The number of benzene rings is 1. The zero-order chi connectivity index (χ0) is 12.3. The molecule has 88 valence electrons. The molecule has 1 aromatic carbocycles. The number of carboxylic acid groups (broad SMARTS) is 1. The van der Waals surface area contributed by atoms with Gasteiger partial charge < -0.3 is 5.11 Å². The first-order valence-electron chi connectivity index (χ1n) is 4.16. The van der Waals surface area contributed by atoms with Gasteiger partial charge in [-0.15, -0.1) is 0 Å². The van der Waals surface area contributed by atoms with Crippen LogP contribution in [0.2, 0.25) is 5.02 Å². The molecule has 1 rings (SSSR count). The van der Waals surface area contributed by atoms with Crippen LogP contribution < -0.4 is 0 Å². The third kappa shape index (κ3) is 3.79. The fraction of sp³-hybridized carbons (Fsp3) is 0.222. The van der Waals surface area contributed by atoms with Crippen molar-refractivity contribution in [2.45, 2.75) is 5.75 Å². The summed E-state index contributed by atoms with van der Waals surface area (Å²) in [5.41, 5.74) is 0.170. The van der Waals surface area contributed by atoms with Gasteiger partial charge in [-0.25, -0.2) is 12.8 Å². The molecule has 0 aliphatic rings. The van der Waals surface area contributed by atoms with Gasteiger partial charge in [0.2, 0.25) is 0 Å². The predicted molar refractivity (Wildman–Crippen MR) is 56.5 cm³/mol. The van der Waals surface area contributed by atoms with E-state index in [4.69, 9.17) is 16.7 Å². The molecule has 0 amide bonds. The Kier molecular flexibility index (Phi) is 3.88. The van der Waals surface area contributed by atoms with Crippen LogP contribution in [-0.4, -0.2) is 25.2 Å². The summed E-state index contributed by atoms with van der Waals surface area (Å²) in [7, 11) is -3.77. The fourth-order valence-electron chi connectivity index (χ4n) is 1.12. The van der Waals surface area contributed by atoms with E-state index in [9.17, 15) is 17.6 Å². The second kappa shape index (κ2) is 4.80. The molecule has 0 bridgehead atoms. The third-order valence-electron chi connectivity index (χ3n) is 1.71. The Morgan fingerprint density at radius 3 is 2.56 bits per heavy atom. The lowest BCUT2D eigenvalue weighted by atomic mass is 10.2. The van der Waals surface area contributed by atoms with Crippen LogP contribution >= 0.6 is 11.6 Å². The molecule has 7 heteroatoms. The zero-order valence-corrected chi connectivity index (χ0v) is 9.55. The number of rotatable bonds is 4. The topological polar surface area (TPSA) is 71.4 Å². The summed E-state index contributed by atoms with van der Waals surface area (Å²) in [5.74, 6) is -3.66. The Morgan fingerprint density at radius 1 is 1.44 bits per heavy atom. The highest BCUT2D eigenvalue weighted by molar-refractivity contribution is 7.91. The summed E-state index contributed by atoms with van der Waals surface area (Å²) in [4.78, 5) is 10.3. The highest BCUT2D eigenvalue weighted by atomic mass is 35.5. The second-order valence-corrected chi connectivity index (χ2v) is 5.65. The van der Waals surface area contributed by atoms with Crippen molar-refractivity contribution in [3.8, 4) is 0 Å². The van der Waals surface area contributed by atoms with Gasteiger partial charge in [0, 0.05) is 0 Å². The molecule has 0 aliphatic carbocycles. The molecule has 0 atom stereocenters. The summed E-state index contributed by atoms with van der Waals surface area (Å²) in [5, 5.41) is 8.24. The van der Waals surface area contributed by atoms with E-state index in [1.54, 1.807) is 0 Å². The van der Waals surface area contributed by atoms with Gasteiger partial charge in [-0.3, -0.25) is 4.79 Å². The van der Waals surface area contributed by atoms with Crippen molar-refractivity contribution in [2.24, 2.45) is 0 Å². The van der Waals surface area contributed by atoms with E-state index in [0.717, 1.165) is 6.07 Å². The van der Waals surface area contributed by atoms with Gasteiger partial charge in [0.1, 0.15) is 11.6 Å². The molecule has 0 aromatic heterocycles. The molecule has 0 fully saturated rings. The molecular weight excluding hydrogens is 259 g/mol. The molecule has 0 heterocycles. The normalized spacial score (nSPS) is 11.4. The molecule has 0 radical (unpaired) electrons. The third-order valence-corrected chi connectivity index (χ3v) is 3.48. The molecule has 0 spiro atoms. The summed E-state index contributed by atoms with van der Waals surface area (Å²) in [6.07, 6.45) is 0. The van der Waals surface area contributed by atoms with E-state index < -0.39 is 33.1 Å². The largest absolute Gasteiger partial charge is 0.480 e. The Bertz CT molecular complexity index is 512. The minimum Gasteiger partial charge on any atom is -0.480 e. The van der Waals surface area contributed by atoms with E-state index in [1.165, 1.54) is 12.1 Å².